The smallest absolute Gasteiger partial charge is 0.331 e. The Labute approximate surface area is 126 Å². The van der Waals surface area contributed by atoms with E-state index in [9.17, 15) is 4.79 Å². The number of anilines is 1. The van der Waals surface area contributed by atoms with E-state index in [4.69, 9.17) is 9.47 Å². The van der Waals surface area contributed by atoms with Gasteiger partial charge in [0.1, 0.15) is 11.3 Å². The maximum Gasteiger partial charge on any atom is 0.331 e. The largest absolute Gasteiger partial charge is 0.495 e. The van der Waals surface area contributed by atoms with Crippen molar-refractivity contribution in [3.8, 4) is 5.75 Å². The van der Waals surface area contributed by atoms with Gasteiger partial charge in [-0.1, -0.05) is 31.4 Å². The summed E-state index contributed by atoms with van der Waals surface area (Å²) in [6.07, 6.45) is 5.69. The van der Waals surface area contributed by atoms with Gasteiger partial charge in [-0.05, 0) is 37.8 Å². The summed E-state index contributed by atoms with van der Waals surface area (Å²) in [6, 6.07) is 7.67. The molecule has 1 fully saturated rings. The Hall–Kier alpha value is -1.71. The molecular formula is C17H25NO3. The molecule has 0 aromatic heterocycles. The van der Waals surface area contributed by atoms with Crippen LogP contribution in [0, 0.1) is 5.92 Å². The molecule has 1 aromatic rings. The second kappa shape index (κ2) is 6.83. The van der Waals surface area contributed by atoms with Crippen molar-refractivity contribution in [2.75, 3.05) is 19.5 Å². The predicted molar refractivity (Wildman–Crippen MR) is 83.6 cm³/mol. The minimum absolute atomic E-state index is 0.208. The molecule has 4 nitrogen and oxygen atoms in total. The van der Waals surface area contributed by atoms with Crippen molar-refractivity contribution in [2.24, 2.45) is 5.92 Å². The number of para-hydroxylation sites is 2. The third kappa shape index (κ3) is 3.31. The van der Waals surface area contributed by atoms with E-state index in [1.807, 2.05) is 31.2 Å². The van der Waals surface area contributed by atoms with E-state index in [-0.39, 0.29) is 11.9 Å². The molecule has 116 valence electrons. The van der Waals surface area contributed by atoms with Crippen molar-refractivity contribution in [3.05, 3.63) is 24.3 Å². The van der Waals surface area contributed by atoms with Crippen molar-refractivity contribution in [3.63, 3.8) is 0 Å². The quantitative estimate of drug-likeness (QED) is 0.842. The van der Waals surface area contributed by atoms with E-state index in [1.54, 1.807) is 7.11 Å². The fourth-order valence-electron chi connectivity index (χ4n) is 3.24. The van der Waals surface area contributed by atoms with Gasteiger partial charge in [-0.3, -0.25) is 0 Å². The zero-order chi connectivity index (χ0) is 15.3. The number of rotatable bonds is 5. The number of hydrogen-bond donors (Lipinski definition) is 1. The fraction of sp³-hybridized carbons (Fsp3) is 0.588. The van der Waals surface area contributed by atoms with Gasteiger partial charge in [-0.2, -0.15) is 0 Å². The number of carbonyl (C=O) groups excluding carboxylic acids is 1. The molecule has 4 heteroatoms. The maximum absolute atomic E-state index is 12.4. The highest BCUT2D eigenvalue weighted by atomic mass is 16.5. The molecule has 0 radical (unpaired) electrons. The summed E-state index contributed by atoms with van der Waals surface area (Å²) in [6.45, 7) is 1.95. The molecule has 21 heavy (non-hydrogen) atoms. The number of esters is 1. The highest BCUT2D eigenvalue weighted by Gasteiger charge is 2.43. The van der Waals surface area contributed by atoms with Crippen molar-refractivity contribution in [2.45, 2.75) is 44.6 Å². The normalized spacial score (nSPS) is 18.6. The van der Waals surface area contributed by atoms with E-state index >= 15 is 0 Å². The molecular weight excluding hydrogens is 266 g/mol. The van der Waals surface area contributed by atoms with Crippen LogP contribution in [0.5, 0.6) is 5.75 Å². The Kier molecular flexibility index (Phi) is 5.10. The molecule has 0 amide bonds. The molecule has 1 unspecified atom stereocenters. The summed E-state index contributed by atoms with van der Waals surface area (Å²) in [4.78, 5) is 12.4. The van der Waals surface area contributed by atoms with Crippen LogP contribution < -0.4 is 10.1 Å². The molecule has 1 aliphatic rings. The van der Waals surface area contributed by atoms with Gasteiger partial charge in [0, 0.05) is 0 Å². The molecule has 1 aromatic carbocycles. The Bertz CT molecular complexity index is 483. The lowest BCUT2D eigenvalue weighted by Crippen LogP contribution is -2.51. The monoisotopic (exact) mass is 291 g/mol. The molecule has 0 aliphatic heterocycles. The molecule has 1 atom stereocenters. The van der Waals surface area contributed by atoms with Gasteiger partial charge in [-0.15, -0.1) is 0 Å². The zero-order valence-corrected chi connectivity index (χ0v) is 13.1. The first-order valence-corrected chi connectivity index (χ1v) is 7.61. The summed E-state index contributed by atoms with van der Waals surface area (Å²) in [5.41, 5.74) is 0.113. The molecule has 1 N–H and O–H groups in total. The number of methoxy groups -OCH3 is 2. The van der Waals surface area contributed by atoms with E-state index in [1.165, 1.54) is 26.4 Å². The summed E-state index contributed by atoms with van der Waals surface area (Å²) in [7, 11) is 3.09. The first-order chi connectivity index (χ1) is 10.1. The number of benzene rings is 1. The van der Waals surface area contributed by atoms with Crippen LogP contribution in [0.4, 0.5) is 5.69 Å². The van der Waals surface area contributed by atoms with Gasteiger partial charge < -0.3 is 14.8 Å². The minimum atomic E-state index is -0.718. The lowest BCUT2D eigenvalue weighted by molar-refractivity contribution is -0.147. The average Bonchev–Trinajstić information content (AvgIpc) is 2.55. The van der Waals surface area contributed by atoms with Gasteiger partial charge >= 0.3 is 5.97 Å². The van der Waals surface area contributed by atoms with Gasteiger partial charge in [0.15, 0.2) is 0 Å². The molecule has 2 rings (SSSR count). The Morgan fingerprint density at radius 2 is 1.86 bits per heavy atom. The fourth-order valence-corrected chi connectivity index (χ4v) is 3.24. The van der Waals surface area contributed by atoms with Crippen LogP contribution in [-0.2, 0) is 9.53 Å². The first-order valence-electron chi connectivity index (χ1n) is 7.61. The second-order valence-corrected chi connectivity index (χ2v) is 5.85. The predicted octanol–water partition coefficient (Wildman–Crippen LogP) is 3.62. The Morgan fingerprint density at radius 3 is 2.48 bits per heavy atom. The number of ether oxygens (including phenoxy) is 2. The molecule has 1 saturated carbocycles. The molecule has 1 aliphatic carbocycles. The van der Waals surface area contributed by atoms with Crippen LogP contribution in [0.2, 0.25) is 0 Å². The minimum Gasteiger partial charge on any atom is -0.495 e. The lowest BCUT2D eigenvalue weighted by atomic mass is 9.75. The van der Waals surface area contributed by atoms with E-state index < -0.39 is 5.54 Å². The standard InChI is InChI=1S/C17H25NO3/c1-17(16(19)21-3,13-9-5-4-6-10-13)18-14-11-7-8-12-15(14)20-2/h7-8,11-13,18H,4-6,9-10H2,1-3H3. The molecule has 0 heterocycles. The summed E-state index contributed by atoms with van der Waals surface area (Å²) in [5, 5.41) is 3.40. The summed E-state index contributed by atoms with van der Waals surface area (Å²) < 4.78 is 10.4. The summed E-state index contributed by atoms with van der Waals surface area (Å²) in [5.74, 6) is 0.812. The van der Waals surface area contributed by atoms with Crippen LogP contribution in [0.3, 0.4) is 0 Å². The zero-order valence-electron chi connectivity index (χ0n) is 13.1. The number of carbonyl (C=O) groups is 1. The van der Waals surface area contributed by atoms with Crippen molar-refractivity contribution < 1.29 is 14.3 Å². The maximum atomic E-state index is 12.4. The highest BCUT2D eigenvalue weighted by molar-refractivity contribution is 5.85. The number of nitrogens with one attached hydrogen (secondary N) is 1. The lowest BCUT2D eigenvalue weighted by Gasteiger charge is -2.39. The van der Waals surface area contributed by atoms with E-state index in [2.05, 4.69) is 5.32 Å². The van der Waals surface area contributed by atoms with Crippen LogP contribution in [-0.4, -0.2) is 25.7 Å². The van der Waals surface area contributed by atoms with Gasteiger partial charge in [0.2, 0.25) is 0 Å². The van der Waals surface area contributed by atoms with Crippen LogP contribution in [0.1, 0.15) is 39.0 Å². The van der Waals surface area contributed by atoms with Gasteiger partial charge in [0.05, 0.1) is 19.9 Å². The SMILES string of the molecule is COC(=O)C(C)(Nc1ccccc1OC)C1CCCCC1. The van der Waals surface area contributed by atoms with Gasteiger partial charge in [-0.25, -0.2) is 4.79 Å². The van der Waals surface area contributed by atoms with E-state index in [0.29, 0.717) is 0 Å². The van der Waals surface area contributed by atoms with Crippen LogP contribution in [0.25, 0.3) is 0 Å². The highest BCUT2D eigenvalue weighted by Crippen LogP contribution is 2.37. The third-order valence-electron chi connectivity index (χ3n) is 4.53. The van der Waals surface area contributed by atoms with Crippen molar-refractivity contribution in [1.82, 2.24) is 0 Å². The van der Waals surface area contributed by atoms with Crippen molar-refractivity contribution in [1.29, 1.82) is 0 Å². The second-order valence-electron chi connectivity index (χ2n) is 5.85. The summed E-state index contributed by atoms with van der Waals surface area (Å²) >= 11 is 0. The Balaban J connectivity index is 2.29. The third-order valence-corrected chi connectivity index (χ3v) is 4.53. The molecule has 0 saturated heterocycles. The number of hydrogen-bond acceptors (Lipinski definition) is 4. The van der Waals surface area contributed by atoms with Gasteiger partial charge in [0.25, 0.3) is 0 Å². The molecule has 0 spiro atoms. The topological polar surface area (TPSA) is 47.6 Å². The average molecular weight is 291 g/mol. The van der Waals surface area contributed by atoms with E-state index in [0.717, 1.165) is 24.3 Å². The van der Waals surface area contributed by atoms with Crippen molar-refractivity contribution >= 4 is 11.7 Å². The first kappa shape index (κ1) is 15.7. The van der Waals surface area contributed by atoms with Crippen LogP contribution in [0.15, 0.2) is 24.3 Å². The molecule has 0 bridgehead atoms. The van der Waals surface area contributed by atoms with Crippen LogP contribution >= 0.6 is 0 Å². The Morgan fingerprint density at radius 1 is 1.19 bits per heavy atom.